The summed E-state index contributed by atoms with van der Waals surface area (Å²) in [6.07, 6.45) is 9.40. The van der Waals surface area contributed by atoms with Gasteiger partial charge in [0.2, 0.25) is 0 Å². The Morgan fingerprint density at radius 1 is 1.03 bits per heavy atom. The summed E-state index contributed by atoms with van der Waals surface area (Å²) < 4.78 is 14.4. The Labute approximate surface area is 179 Å². The molecule has 0 radical (unpaired) electrons. The number of aryl methyl sites for hydroxylation is 3. The lowest BCUT2D eigenvalue weighted by Gasteiger charge is -2.13. The van der Waals surface area contributed by atoms with Gasteiger partial charge in [-0.2, -0.15) is 0 Å². The Morgan fingerprint density at radius 2 is 1.90 bits per heavy atom. The van der Waals surface area contributed by atoms with Crippen molar-refractivity contribution < 1.29 is 4.39 Å². The fraction of sp³-hybridized carbons (Fsp3) is 0.292. The maximum absolute atomic E-state index is 14.4. The third-order valence-electron chi connectivity index (χ3n) is 5.61. The molecule has 152 valence electrons. The van der Waals surface area contributed by atoms with E-state index in [1.54, 1.807) is 23.6 Å². The topological polar surface area (TPSA) is 50.7 Å². The number of fused-ring (bicyclic) bond motifs is 3. The van der Waals surface area contributed by atoms with Crippen molar-refractivity contribution in [1.29, 1.82) is 0 Å². The maximum Gasteiger partial charge on any atom is 0.166 e. The molecule has 0 fully saturated rings. The van der Waals surface area contributed by atoms with E-state index in [2.05, 4.69) is 34.6 Å². The van der Waals surface area contributed by atoms with Crippen LogP contribution in [0.3, 0.4) is 0 Å². The molecule has 4 nitrogen and oxygen atoms in total. The number of benzene rings is 1. The molecule has 1 aliphatic rings. The van der Waals surface area contributed by atoms with Gasteiger partial charge >= 0.3 is 0 Å². The summed E-state index contributed by atoms with van der Waals surface area (Å²) in [6.45, 7) is 0.809. The summed E-state index contributed by atoms with van der Waals surface area (Å²) in [5.41, 5.74) is 3.11. The molecule has 0 saturated carbocycles. The van der Waals surface area contributed by atoms with Crippen LogP contribution < -0.4 is 5.32 Å². The lowest BCUT2D eigenvalue weighted by Crippen LogP contribution is -2.08. The number of nitrogens with one attached hydrogen (secondary N) is 1. The van der Waals surface area contributed by atoms with Gasteiger partial charge in [-0.05, 0) is 55.7 Å². The number of pyridine rings is 1. The van der Waals surface area contributed by atoms with Crippen LogP contribution in [0.4, 0.5) is 10.2 Å². The summed E-state index contributed by atoms with van der Waals surface area (Å²) in [5, 5.41) is 4.67. The van der Waals surface area contributed by atoms with E-state index in [0.717, 1.165) is 48.3 Å². The van der Waals surface area contributed by atoms with E-state index in [1.807, 2.05) is 6.07 Å². The number of anilines is 1. The van der Waals surface area contributed by atoms with Crippen LogP contribution in [0.1, 0.15) is 35.3 Å². The quantitative estimate of drug-likeness (QED) is 0.401. The first-order valence-electron chi connectivity index (χ1n) is 10.5. The predicted octanol–water partition coefficient (Wildman–Crippen LogP) is 5.82. The molecule has 1 N–H and O–H groups in total. The largest absolute Gasteiger partial charge is 0.369 e. The number of rotatable bonds is 6. The van der Waals surface area contributed by atoms with Crippen LogP contribution in [0.25, 0.3) is 21.6 Å². The Morgan fingerprint density at radius 3 is 2.77 bits per heavy atom. The summed E-state index contributed by atoms with van der Waals surface area (Å²) in [4.78, 5) is 15.7. The van der Waals surface area contributed by atoms with Crippen LogP contribution in [0.15, 0.2) is 48.8 Å². The Balaban J connectivity index is 1.48. The first kappa shape index (κ1) is 19.1. The van der Waals surface area contributed by atoms with Crippen molar-refractivity contribution in [1.82, 2.24) is 15.0 Å². The molecule has 4 aromatic rings. The highest BCUT2D eigenvalue weighted by Gasteiger charge is 2.22. The third kappa shape index (κ3) is 3.79. The molecule has 3 heterocycles. The van der Waals surface area contributed by atoms with Gasteiger partial charge in [0.15, 0.2) is 11.6 Å². The zero-order valence-electron chi connectivity index (χ0n) is 16.7. The van der Waals surface area contributed by atoms with Crippen LogP contribution in [0.2, 0.25) is 0 Å². The molecule has 1 aromatic carbocycles. The van der Waals surface area contributed by atoms with Crippen molar-refractivity contribution in [3.05, 3.63) is 70.6 Å². The van der Waals surface area contributed by atoms with E-state index in [1.165, 1.54) is 35.0 Å². The second-order valence-electron chi connectivity index (χ2n) is 7.66. The SMILES string of the molecule is Fc1cnccc1-c1nc(NCCCc2ccccc2)c2c3c(sc2n1)CCCC3. The molecular weight excluding hydrogens is 395 g/mol. The predicted molar refractivity (Wildman–Crippen MR) is 120 cm³/mol. The van der Waals surface area contributed by atoms with E-state index in [0.29, 0.717) is 11.4 Å². The first-order valence-corrected chi connectivity index (χ1v) is 11.3. The average molecular weight is 419 g/mol. The van der Waals surface area contributed by atoms with Crippen molar-refractivity contribution in [3.63, 3.8) is 0 Å². The number of hydrogen-bond donors (Lipinski definition) is 1. The molecule has 3 aromatic heterocycles. The summed E-state index contributed by atoms with van der Waals surface area (Å²) in [6, 6.07) is 12.1. The number of nitrogens with zero attached hydrogens (tertiary/aromatic N) is 3. The molecule has 5 rings (SSSR count). The number of hydrogen-bond acceptors (Lipinski definition) is 5. The minimum Gasteiger partial charge on any atom is -0.369 e. The lowest BCUT2D eigenvalue weighted by molar-refractivity contribution is 0.624. The summed E-state index contributed by atoms with van der Waals surface area (Å²) in [5.74, 6) is 0.860. The Kier molecular flexibility index (Phi) is 5.41. The zero-order valence-corrected chi connectivity index (χ0v) is 17.5. The highest BCUT2D eigenvalue weighted by atomic mass is 32.1. The van der Waals surface area contributed by atoms with Gasteiger partial charge in [0.25, 0.3) is 0 Å². The van der Waals surface area contributed by atoms with Crippen LogP contribution >= 0.6 is 11.3 Å². The van der Waals surface area contributed by atoms with Crippen molar-refractivity contribution in [2.24, 2.45) is 0 Å². The minimum atomic E-state index is -0.395. The average Bonchev–Trinajstić information content (AvgIpc) is 3.16. The molecule has 0 saturated heterocycles. The Hall–Kier alpha value is -2.86. The summed E-state index contributed by atoms with van der Waals surface area (Å²) >= 11 is 1.74. The van der Waals surface area contributed by atoms with Gasteiger partial charge in [0.05, 0.1) is 17.1 Å². The van der Waals surface area contributed by atoms with Gasteiger partial charge in [-0.25, -0.2) is 14.4 Å². The molecule has 30 heavy (non-hydrogen) atoms. The van der Waals surface area contributed by atoms with Gasteiger partial charge in [0, 0.05) is 17.6 Å². The molecule has 0 bridgehead atoms. The van der Waals surface area contributed by atoms with E-state index in [4.69, 9.17) is 9.97 Å². The molecule has 0 spiro atoms. The van der Waals surface area contributed by atoms with Crippen molar-refractivity contribution in [2.45, 2.75) is 38.5 Å². The fourth-order valence-electron chi connectivity index (χ4n) is 4.11. The fourth-order valence-corrected chi connectivity index (χ4v) is 5.37. The van der Waals surface area contributed by atoms with Gasteiger partial charge in [-0.1, -0.05) is 30.3 Å². The van der Waals surface area contributed by atoms with E-state index in [9.17, 15) is 4.39 Å². The molecule has 1 aliphatic carbocycles. The molecule has 6 heteroatoms. The highest BCUT2D eigenvalue weighted by molar-refractivity contribution is 7.19. The van der Waals surface area contributed by atoms with Crippen LogP contribution in [-0.2, 0) is 19.3 Å². The van der Waals surface area contributed by atoms with E-state index in [-0.39, 0.29) is 0 Å². The van der Waals surface area contributed by atoms with E-state index >= 15 is 0 Å². The van der Waals surface area contributed by atoms with Crippen LogP contribution in [0, 0.1) is 5.82 Å². The van der Waals surface area contributed by atoms with Crippen molar-refractivity contribution in [2.75, 3.05) is 11.9 Å². The zero-order chi connectivity index (χ0) is 20.3. The molecule has 0 unspecified atom stereocenters. The smallest absolute Gasteiger partial charge is 0.166 e. The van der Waals surface area contributed by atoms with Gasteiger partial charge in [-0.15, -0.1) is 11.3 Å². The first-order chi connectivity index (χ1) is 14.8. The molecular formula is C24H23FN4S. The van der Waals surface area contributed by atoms with Crippen molar-refractivity contribution >= 4 is 27.4 Å². The highest BCUT2D eigenvalue weighted by Crippen LogP contribution is 2.39. The monoisotopic (exact) mass is 418 g/mol. The molecule has 0 atom stereocenters. The van der Waals surface area contributed by atoms with Gasteiger partial charge in [0.1, 0.15) is 10.6 Å². The van der Waals surface area contributed by atoms with Crippen molar-refractivity contribution in [3.8, 4) is 11.4 Å². The third-order valence-corrected chi connectivity index (χ3v) is 6.79. The van der Waals surface area contributed by atoms with E-state index < -0.39 is 5.82 Å². The number of aromatic nitrogens is 3. The lowest BCUT2D eigenvalue weighted by atomic mass is 9.97. The standard InChI is InChI=1S/C24H23FN4S/c25-19-15-26-14-12-17(19)22-28-23(27-13-6-9-16-7-2-1-3-8-16)21-18-10-4-5-11-20(18)30-24(21)29-22/h1-3,7-8,12,14-15H,4-6,9-11,13H2,(H,27,28,29). The van der Waals surface area contributed by atoms with Crippen LogP contribution in [-0.4, -0.2) is 21.5 Å². The van der Waals surface area contributed by atoms with Gasteiger partial charge in [-0.3, -0.25) is 4.98 Å². The van der Waals surface area contributed by atoms with Gasteiger partial charge < -0.3 is 5.32 Å². The minimum absolute atomic E-state index is 0.394. The maximum atomic E-state index is 14.4. The molecule has 0 aliphatic heterocycles. The second-order valence-corrected chi connectivity index (χ2v) is 8.74. The normalized spacial score (nSPS) is 13.4. The number of halogens is 1. The Bertz CT molecular complexity index is 1170. The number of thiophene rings is 1. The summed E-state index contributed by atoms with van der Waals surface area (Å²) in [7, 11) is 0. The molecule has 0 amide bonds. The second kappa shape index (κ2) is 8.48. The van der Waals surface area contributed by atoms with Crippen LogP contribution in [0.5, 0.6) is 0 Å².